The topological polar surface area (TPSA) is 0 Å². The van der Waals surface area contributed by atoms with E-state index in [2.05, 4.69) is 89.7 Å². The van der Waals surface area contributed by atoms with Gasteiger partial charge in [0.05, 0.1) is 0 Å². The molecule has 0 amide bonds. The molecule has 0 heteroatoms. The molecule has 1 aliphatic rings. The highest BCUT2D eigenvalue weighted by atomic mass is 14.5. The number of hydrogen-bond donors (Lipinski definition) is 0. The fourth-order valence-corrected chi connectivity index (χ4v) is 4.26. The van der Waals surface area contributed by atoms with Gasteiger partial charge in [-0.2, -0.15) is 0 Å². The molecular weight excluding hydrogens is 276 g/mol. The smallest absolute Gasteiger partial charge is 0.00317 e. The van der Waals surface area contributed by atoms with Crippen LogP contribution in [0.4, 0.5) is 0 Å². The van der Waals surface area contributed by atoms with Gasteiger partial charge in [0.25, 0.3) is 0 Å². The molecule has 0 fully saturated rings. The van der Waals surface area contributed by atoms with E-state index >= 15 is 0 Å². The van der Waals surface area contributed by atoms with Gasteiger partial charge in [0.1, 0.15) is 0 Å². The maximum absolute atomic E-state index is 4.50. The Kier molecular flexibility index (Phi) is 3.75. The number of hydrogen-bond acceptors (Lipinski definition) is 0. The third kappa shape index (κ3) is 2.65. The van der Waals surface area contributed by atoms with Crippen LogP contribution >= 0.6 is 0 Å². The largest absolute Gasteiger partial charge is 0.0949 e. The minimum Gasteiger partial charge on any atom is -0.0949 e. The quantitative estimate of drug-likeness (QED) is 0.612. The molecule has 0 radical (unpaired) electrons. The van der Waals surface area contributed by atoms with Gasteiger partial charge in [-0.1, -0.05) is 88.4 Å². The molecule has 2 aromatic rings. The molecule has 0 aliphatic heterocycles. The average Bonchev–Trinajstić information content (AvgIpc) is 2.51. The predicted octanol–water partition coefficient (Wildman–Crippen LogP) is 6.28. The monoisotopic (exact) mass is 304 g/mol. The third-order valence-electron chi connectivity index (χ3n) is 5.75. The van der Waals surface area contributed by atoms with Crippen LogP contribution in [0.15, 0.2) is 55.1 Å². The van der Waals surface area contributed by atoms with E-state index in [1.165, 1.54) is 27.8 Å². The van der Waals surface area contributed by atoms with Gasteiger partial charge in [0.2, 0.25) is 0 Å². The predicted molar refractivity (Wildman–Crippen MR) is 101 cm³/mol. The molecular formula is C23H28. The van der Waals surface area contributed by atoms with E-state index < -0.39 is 0 Å². The van der Waals surface area contributed by atoms with Crippen LogP contribution in [-0.4, -0.2) is 0 Å². The highest BCUT2D eigenvalue weighted by molar-refractivity contribution is 5.68. The van der Waals surface area contributed by atoms with Crippen LogP contribution in [-0.2, 0) is 10.8 Å². The van der Waals surface area contributed by atoms with Crippen molar-refractivity contribution < 1.29 is 0 Å². The van der Waals surface area contributed by atoms with Crippen molar-refractivity contribution in [3.05, 3.63) is 77.4 Å². The summed E-state index contributed by atoms with van der Waals surface area (Å²) in [5.74, 6) is 0.454. The molecule has 0 bridgehead atoms. The summed E-state index contributed by atoms with van der Waals surface area (Å²) >= 11 is 0. The molecule has 0 heterocycles. The van der Waals surface area contributed by atoms with E-state index in [4.69, 9.17) is 0 Å². The summed E-state index contributed by atoms with van der Waals surface area (Å²) in [6, 6.07) is 17.7. The Labute approximate surface area is 141 Å². The van der Waals surface area contributed by atoms with Crippen LogP contribution in [0, 0.1) is 12.8 Å². The first-order valence-electron chi connectivity index (χ1n) is 8.59. The van der Waals surface area contributed by atoms with Gasteiger partial charge in [-0.3, -0.25) is 0 Å². The Morgan fingerprint density at radius 2 is 1.61 bits per heavy atom. The Morgan fingerprint density at radius 3 is 2.26 bits per heavy atom. The zero-order valence-corrected chi connectivity index (χ0v) is 15.1. The Balaban J connectivity index is 2.11. The van der Waals surface area contributed by atoms with Crippen LogP contribution in [0.5, 0.6) is 0 Å². The van der Waals surface area contributed by atoms with Crippen LogP contribution in [0.25, 0.3) is 5.57 Å². The Hall–Kier alpha value is -1.82. The van der Waals surface area contributed by atoms with Gasteiger partial charge >= 0.3 is 0 Å². The van der Waals surface area contributed by atoms with Crippen molar-refractivity contribution in [1.82, 2.24) is 0 Å². The normalized spacial score (nSPS) is 21.5. The van der Waals surface area contributed by atoms with Gasteiger partial charge < -0.3 is 0 Å². The lowest BCUT2D eigenvalue weighted by Crippen LogP contribution is -2.42. The molecule has 0 aromatic heterocycles. The minimum absolute atomic E-state index is 0.103. The summed E-state index contributed by atoms with van der Waals surface area (Å²) in [5.41, 5.74) is 7.19. The zero-order valence-electron chi connectivity index (χ0n) is 15.1. The maximum Gasteiger partial charge on any atom is -0.00317 e. The second-order valence-corrected chi connectivity index (χ2v) is 8.30. The molecule has 23 heavy (non-hydrogen) atoms. The molecule has 1 atom stereocenters. The summed E-state index contributed by atoms with van der Waals surface area (Å²) in [5, 5.41) is 0. The molecule has 2 aromatic carbocycles. The molecule has 1 aliphatic carbocycles. The van der Waals surface area contributed by atoms with Crippen molar-refractivity contribution in [1.29, 1.82) is 0 Å². The molecule has 0 saturated heterocycles. The molecule has 0 saturated carbocycles. The van der Waals surface area contributed by atoms with E-state index in [1.54, 1.807) is 0 Å². The SMILES string of the molecule is C=C(c1ccccc1)C1CC(C)(C)c2cc(C)ccc2C1(C)C. The van der Waals surface area contributed by atoms with Gasteiger partial charge in [-0.25, -0.2) is 0 Å². The summed E-state index contributed by atoms with van der Waals surface area (Å²) in [6.45, 7) is 16.2. The first-order valence-corrected chi connectivity index (χ1v) is 8.59. The van der Waals surface area contributed by atoms with Crippen molar-refractivity contribution in [3.63, 3.8) is 0 Å². The van der Waals surface area contributed by atoms with Crippen molar-refractivity contribution in [3.8, 4) is 0 Å². The lowest BCUT2D eigenvalue weighted by atomic mass is 9.55. The molecule has 0 nitrogen and oxygen atoms in total. The number of benzene rings is 2. The zero-order chi connectivity index (χ0) is 16.8. The number of aryl methyl sites for hydroxylation is 1. The van der Waals surface area contributed by atoms with Crippen LogP contribution < -0.4 is 0 Å². The number of allylic oxidation sites excluding steroid dienone is 1. The highest BCUT2D eigenvalue weighted by Gasteiger charge is 2.45. The van der Waals surface area contributed by atoms with Crippen molar-refractivity contribution >= 4 is 5.57 Å². The van der Waals surface area contributed by atoms with Gasteiger partial charge in [-0.15, -0.1) is 0 Å². The summed E-state index contributed by atoms with van der Waals surface area (Å²) < 4.78 is 0. The summed E-state index contributed by atoms with van der Waals surface area (Å²) in [6.07, 6.45) is 1.14. The van der Waals surface area contributed by atoms with Crippen LogP contribution in [0.1, 0.15) is 56.4 Å². The van der Waals surface area contributed by atoms with Crippen molar-refractivity contribution in [2.75, 3.05) is 0 Å². The van der Waals surface area contributed by atoms with Crippen molar-refractivity contribution in [2.24, 2.45) is 5.92 Å². The fraction of sp³-hybridized carbons (Fsp3) is 0.391. The fourth-order valence-electron chi connectivity index (χ4n) is 4.26. The average molecular weight is 304 g/mol. The van der Waals surface area contributed by atoms with E-state index in [0.717, 1.165) is 6.42 Å². The Morgan fingerprint density at radius 1 is 0.957 bits per heavy atom. The standard InChI is InChI=1S/C23H28/c1-16-12-13-19-20(14-16)22(3,4)15-21(23(19,5)6)17(2)18-10-8-7-9-11-18/h7-14,21H,2,15H2,1,3-6H3. The molecule has 0 N–H and O–H groups in total. The molecule has 1 unspecified atom stereocenters. The molecule has 120 valence electrons. The number of fused-ring (bicyclic) bond motifs is 1. The summed E-state index contributed by atoms with van der Waals surface area (Å²) in [7, 11) is 0. The van der Waals surface area contributed by atoms with Gasteiger partial charge in [0.15, 0.2) is 0 Å². The summed E-state index contributed by atoms with van der Waals surface area (Å²) in [4.78, 5) is 0. The first-order chi connectivity index (χ1) is 10.7. The van der Waals surface area contributed by atoms with Crippen molar-refractivity contribution in [2.45, 2.75) is 51.9 Å². The molecule has 0 spiro atoms. The Bertz CT molecular complexity index is 732. The lowest BCUT2D eigenvalue weighted by molar-refractivity contribution is 0.268. The number of rotatable bonds is 2. The third-order valence-corrected chi connectivity index (χ3v) is 5.75. The lowest BCUT2D eigenvalue weighted by Gasteiger charge is -2.48. The van der Waals surface area contributed by atoms with E-state index in [9.17, 15) is 0 Å². The second kappa shape index (κ2) is 5.37. The minimum atomic E-state index is 0.103. The van der Waals surface area contributed by atoms with Crippen LogP contribution in [0.2, 0.25) is 0 Å². The second-order valence-electron chi connectivity index (χ2n) is 8.30. The van der Waals surface area contributed by atoms with E-state index in [-0.39, 0.29) is 10.8 Å². The van der Waals surface area contributed by atoms with Crippen LogP contribution in [0.3, 0.4) is 0 Å². The molecule has 3 rings (SSSR count). The van der Waals surface area contributed by atoms with Gasteiger partial charge in [0, 0.05) is 0 Å². The first kappa shape index (κ1) is 16.1. The van der Waals surface area contributed by atoms with Gasteiger partial charge in [-0.05, 0) is 52.4 Å². The maximum atomic E-state index is 4.50. The van der Waals surface area contributed by atoms with E-state index in [1.807, 2.05) is 0 Å². The highest BCUT2D eigenvalue weighted by Crippen LogP contribution is 2.53. The van der Waals surface area contributed by atoms with E-state index in [0.29, 0.717) is 5.92 Å².